The van der Waals surface area contributed by atoms with E-state index in [1.54, 1.807) is 0 Å². The molecule has 0 fully saturated rings. The zero-order valence-electron chi connectivity index (χ0n) is 13.4. The van der Waals surface area contributed by atoms with Crippen molar-refractivity contribution in [3.05, 3.63) is 12.4 Å². The molecular weight excluding hydrogens is 232 g/mol. The lowest BCUT2D eigenvalue weighted by atomic mass is 10.1. The Morgan fingerprint density at radius 1 is 0.684 bits per heavy atom. The molecule has 0 spiro atoms. The van der Waals surface area contributed by atoms with Crippen molar-refractivity contribution in [2.45, 2.75) is 84.7 Å². The number of nitrogens with zero attached hydrogens (tertiary/aromatic N) is 2. The Morgan fingerprint density at radius 3 is 1.74 bits per heavy atom. The Hall–Kier alpha value is -0.660. The topological polar surface area (TPSA) is 6.48 Å². The summed E-state index contributed by atoms with van der Waals surface area (Å²) >= 11 is 0. The van der Waals surface area contributed by atoms with E-state index in [0.29, 0.717) is 6.17 Å². The molecular formula is C17H34N2. The summed E-state index contributed by atoms with van der Waals surface area (Å²) in [6.45, 7) is 9.35. The van der Waals surface area contributed by atoms with Crippen molar-refractivity contribution < 1.29 is 0 Å². The predicted molar refractivity (Wildman–Crippen MR) is 84.9 cm³/mol. The van der Waals surface area contributed by atoms with Gasteiger partial charge in [-0.3, -0.25) is 0 Å². The zero-order chi connectivity index (χ0) is 13.9. The monoisotopic (exact) mass is 266 g/mol. The summed E-state index contributed by atoms with van der Waals surface area (Å²) in [5.41, 5.74) is 0. The van der Waals surface area contributed by atoms with Crippen LogP contribution in [0.2, 0.25) is 0 Å². The molecule has 1 aliphatic heterocycles. The van der Waals surface area contributed by atoms with Gasteiger partial charge in [-0.25, -0.2) is 0 Å². The van der Waals surface area contributed by atoms with Crippen LogP contribution in [0.15, 0.2) is 12.4 Å². The van der Waals surface area contributed by atoms with Gasteiger partial charge in [0.2, 0.25) is 0 Å². The first-order valence-corrected chi connectivity index (χ1v) is 8.53. The highest BCUT2D eigenvalue weighted by molar-refractivity contribution is 4.96. The molecule has 2 heteroatoms. The van der Waals surface area contributed by atoms with Gasteiger partial charge < -0.3 is 9.80 Å². The van der Waals surface area contributed by atoms with E-state index in [1.807, 2.05) is 0 Å². The lowest BCUT2D eigenvalue weighted by molar-refractivity contribution is 0.138. The molecule has 0 aliphatic carbocycles. The van der Waals surface area contributed by atoms with Gasteiger partial charge in [-0.1, -0.05) is 59.3 Å². The zero-order valence-corrected chi connectivity index (χ0v) is 13.4. The fourth-order valence-electron chi connectivity index (χ4n) is 2.86. The molecule has 0 aromatic carbocycles. The van der Waals surface area contributed by atoms with Crippen molar-refractivity contribution in [2.24, 2.45) is 0 Å². The molecule has 1 aliphatic rings. The fraction of sp³-hybridized carbons (Fsp3) is 0.882. The molecule has 0 saturated carbocycles. The predicted octanol–water partition coefficient (Wildman–Crippen LogP) is 4.97. The van der Waals surface area contributed by atoms with Crippen LogP contribution in [0.1, 0.15) is 78.6 Å². The number of rotatable bonds is 11. The molecule has 0 aromatic heterocycles. The Morgan fingerprint density at radius 2 is 1.21 bits per heavy atom. The third kappa shape index (κ3) is 5.88. The molecule has 2 nitrogen and oxygen atoms in total. The van der Waals surface area contributed by atoms with Gasteiger partial charge in [0.05, 0.1) is 0 Å². The summed E-state index contributed by atoms with van der Waals surface area (Å²) < 4.78 is 0. The summed E-state index contributed by atoms with van der Waals surface area (Å²) in [7, 11) is 0. The minimum Gasteiger partial charge on any atom is -0.356 e. The van der Waals surface area contributed by atoms with Gasteiger partial charge in [0, 0.05) is 25.5 Å². The molecule has 1 atom stereocenters. The van der Waals surface area contributed by atoms with E-state index in [-0.39, 0.29) is 0 Å². The second kappa shape index (κ2) is 10.2. The number of hydrogen-bond acceptors (Lipinski definition) is 2. The molecule has 0 radical (unpaired) electrons. The van der Waals surface area contributed by atoms with Crippen molar-refractivity contribution in [3.8, 4) is 0 Å². The van der Waals surface area contributed by atoms with Crippen LogP contribution >= 0.6 is 0 Å². The molecule has 0 amide bonds. The van der Waals surface area contributed by atoms with E-state index < -0.39 is 0 Å². The molecule has 1 unspecified atom stereocenters. The summed E-state index contributed by atoms with van der Waals surface area (Å²) in [4.78, 5) is 5.14. The Bertz CT molecular complexity index is 237. The highest BCUT2D eigenvalue weighted by atomic mass is 15.4. The van der Waals surface area contributed by atoms with E-state index in [1.165, 1.54) is 70.9 Å². The molecule has 0 saturated heterocycles. The normalized spacial score (nSPS) is 18.6. The van der Waals surface area contributed by atoms with Crippen LogP contribution in [-0.4, -0.2) is 29.1 Å². The largest absolute Gasteiger partial charge is 0.356 e. The Kier molecular flexibility index (Phi) is 8.77. The van der Waals surface area contributed by atoms with E-state index in [4.69, 9.17) is 0 Å². The quantitative estimate of drug-likeness (QED) is 0.487. The average Bonchev–Trinajstić information content (AvgIpc) is 2.79. The highest BCUT2D eigenvalue weighted by Gasteiger charge is 2.24. The average molecular weight is 266 g/mol. The Labute approximate surface area is 120 Å². The first kappa shape index (κ1) is 16.4. The second-order valence-corrected chi connectivity index (χ2v) is 5.81. The van der Waals surface area contributed by atoms with Gasteiger partial charge >= 0.3 is 0 Å². The van der Waals surface area contributed by atoms with E-state index >= 15 is 0 Å². The molecule has 1 rings (SSSR count). The summed E-state index contributed by atoms with van der Waals surface area (Å²) in [5, 5.41) is 0. The molecule has 1 heterocycles. The molecule has 0 bridgehead atoms. The van der Waals surface area contributed by atoms with Crippen LogP contribution in [0, 0.1) is 0 Å². The summed E-state index contributed by atoms with van der Waals surface area (Å²) in [6, 6.07) is 0. The molecule has 0 aromatic rings. The first-order chi connectivity index (χ1) is 9.33. The third-order valence-corrected chi connectivity index (χ3v) is 4.05. The standard InChI is InChI=1S/C17H34N2/c1-4-7-9-11-14-19-16-15-18(13-10-8-5-2)17(19)12-6-3/h15-17H,4-14H2,1-3H3. The second-order valence-electron chi connectivity index (χ2n) is 5.81. The maximum atomic E-state index is 2.57. The summed E-state index contributed by atoms with van der Waals surface area (Å²) in [5.74, 6) is 0. The minimum atomic E-state index is 0.642. The lowest BCUT2D eigenvalue weighted by Gasteiger charge is -2.33. The van der Waals surface area contributed by atoms with Crippen LogP contribution in [-0.2, 0) is 0 Å². The van der Waals surface area contributed by atoms with E-state index in [0.717, 1.165) is 0 Å². The maximum absolute atomic E-state index is 2.57. The van der Waals surface area contributed by atoms with Gasteiger partial charge in [0.15, 0.2) is 0 Å². The van der Waals surface area contributed by atoms with E-state index in [2.05, 4.69) is 43.0 Å². The van der Waals surface area contributed by atoms with Crippen molar-refractivity contribution in [2.75, 3.05) is 13.1 Å². The fourth-order valence-corrected chi connectivity index (χ4v) is 2.86. The third-order valence-electron chi connectivity index (χ3n) is 4.05. The van der Waals surface area contributed by atoms with Crippen LogP contribution in [0.4, 0.5) is 0 Å². The van der Waals surface area contributed by atoms with Crippen molar-refractivity contribution in [1.29, 1.82) is 0 Å². The van der Waals surface area contributed by atoms with Gasteiger partial charge in [-0.2, -0.15) is 0 Å². The molecule has 112 valence electrons. The van der Waals surface area contributed by atoms with Crippen molar-refractivity contribution in [3.63, 3.8) is 0 Å². The van der Waals surface area contributed by atoms with Crippen LogP contribution < -0.4 is 0 Å². The van der Waals surface area contributed by atoms with Gasteiger partial charge in [0.1, 0.15) is 6.17 Å². The van der Waals surface area contributed by atoms with Gasteiger partial charge in [-0.05, 0) is 19.3 Å². The smallest absolute Gasteiger partial charge is 0.101 e. The van der Waals surface area contributed by atoms with Crippen LogP contribution in [0.5, 0.6) is 0 Å². The van der Waals surface area contributed by atoms with Crippen molar-refractivity contribution >= 4 is 0 Å². The molecule has 0 N–H and O–H groups in total. The Balaban J connectivity index is 2.33. The van der Waals surface area contributed by atoms with Crippen LogP contribution in [0.3, 0.4) is 0 Å². The van der Waals surface area contributed by atoms with Gasteiger partial charge in [0.25, 0.3) is 0 Å². The lowest BCUT2D eigenvalue weighted by Crippen LogP contribution is -2.39. The maximum Gasteiger partial charge on any atom is 0.101 e. The molecule has 19 heavy (non-hydrogen) atoms. The highest BCUT2D eigenvalue weighted by Crippen LogP contribution is 2.21. The number of unbranched alkanes of at least 4 members (excludes halogenated alkanes) is 5. The van der Waals surface area contributed by atoms with Crippen LogP contribution in [0.25, 0.3) is 0 Å². The van der Waals surface area contributed by atoms with E-state index in [9.17, 15) is 0 Å². The van der Waals surface area contributed by atoms with Crippen molar-refractivity contribution in [1.82, 2.24) is 9.80 Å². The van der Waals surface area contributed by atoms with Gasteiger partial charge in [-0.15, -0.1) is 0 Å². The summed E-state index contributed by atoms with van der Waals surface area (Å²) in [6.07, 6.45) is 17.3. The number of hydrogen-bond donors (Lipinski definition) is 0. The SMILES string of the molecule is CCCCCCN1C=CN(CCCCC)C1CCC. The first-order valence-electron chi connectivity index (χ1n) is 8.53. The minimum absolute atomic E-state index is 0.642.